The van der Waals surface area contributed by atoms with Crippen LogP contribution < -0.4 is 14.3 Å². The summed E-state index contributed by atoms with van der Waals surface area (Å²) in [5.41, 5.74) is -1.17. The summed E-state index contributed by atoms with van der Waals surface area (Å²) in [4.78, 5) is 12.5. The maximum Gasteiger partial charge on any atom is 0.416 e. The Morgan fingerprint density at radius 1 is 0.732 bits per heavy atom. The molecular weight excluding hydrogens is 586 g/mol. The number of amides is 1. The molecule has 2 N–H and O–H groups in total. The number of alkyl halides is 3. The van der Waals surface area contributed by atoms with Crippen LogP contribution in [0.15, 0.2) is 113 Å². The number of anilines is 3. The molecule has 0 atom stereocenters. The lowest BCUT2D eigenvalue weighted by Gasteiger charge is -2.24. The van der Waals surface area contributed by atoms with Crippen LogP contribution in [0.5, 0.6) is 0 Å². The minimum Gasteiger partial charge on any atom is -0.325 e. The molecule has 0 radical (unpaired) electrons. The molecule has 0 saturated carbocycles. The van der Waals surface area contributed by atoms with Crippen LogP contribution >= 0.6 is 0 Å². The number of hydrogen-bond donors (Lipinski definition) is 2. The van der Waals surface area contributed by atoms with Gasteiger partial charge in [0.05, 0.1) is 21.0 Å². The molecule has 0 unspecified atom stereocenters. The predicted octanol–water partition coefficient (Wildman–Crippen LogP) is 5.48. The zero-order chi connectivity index (χ0) is 29.8. The summed E-state index contributed by atoms with van der Waals surface area (Å²) < 4.78 is 107. The third kappa shape index (κ3) is 7.21. The van der Waals surface area contributed by atoms with Crippen molar-refractivity contribution in [2.24, 2.45) is 0 Å². The monoisotopic (exact) mass is 607 g/mol. The lowest BCUT2D eigenvalue weighted by Crippen LogP contribution is -2.38. The second-order valence-electron chi connectivity index (χ2n) is 8.56. The maximum atomic E-state index is 13.5. The summed E-state index contributed by atoms with van der Waals surface area (Å²) in [5.74, 6) is -1.39. The number of rotatable bonds is 9. The first kappa shape index (κ1) is 29.6. The van der Waals surface area contributed by atoms with Crippen molar-refractivity contribution in [3.8, 4) is 0 Å². The van der Waals surface area contributed by atoms with Crippen molar-refractivity contribution in [2.75, 3.05) is 20.9 Å². The molecule has 0 aliphatic heterocycles. The molecule has 41 heavy (non-hydrogen) atoms. The number of hydrogen-bond acceptors (Lipinski definition) is 5. The van der Waals surface area contributed by atoms with E-state index in [1.54, 1.807) is 6.07 Å². The van der Waals surface area contributed by atoms with Gasteiger partial charge < -0.3 is 5.32 Å². The van der Waals surface area contributed by atoms with Crippen LogP contribution in [0, 0.1) is 5.82 Å². The predicted molar refractivity (Wildman–Crippen MR) is 145 cm³/mol. The molecule has 1 amide bonds. The second kappa shape index (κ2) is 11.6. The van der Waals surface area contributed by atoms with Crippen LogP contribution in [0.25, 0.3) is 0 Å². The highest BCUT2D eigenvalue weighted by Gasteiger charge is 2.31. The number of sulfonamides is 2. The van der Waals surface area contributed by atoms with Crippen LogP contribution in [-0.4, -0.2) is 29.3 Å². The van der Waals surface area contributed by atoms with Crippen LogP contribution in [-0.2, 0) is 31.0 Å². The highest BCUT2D eigenvalue weighted by molar-refractivity contribution is 7.93. The van der Waals surface area contributed by atoms with Crippen molar-refractivity contribution >= 4 is 43.0 Å². The highest BCUT2D eigenvalue weighted by Crippen LogP contribution is 2.31. The Labute approximate surface area is 233 Å². The maximum absolute atomic E-state index is 13.5. The third-order valence-corrected chi connectivity index (χ3v) is 8.81. The van der Waals surface area contributed by atoms with Crippen LogP contribution in [0.1, 0.15) is 5.56 Å². The lowest BCUT2D eigenvalue weighted by atomic mass is 10.2. The fraction of sp³-hybridized carbons (Fsp3) is 0.0741. The van der Waals surface area contributed by atoms with Gasteiger partial charge in [-0.15, -0.1) is 0 Å². The molecule has 0 spiro atoms. The van der Waals surface area contributed by atoms with Crippen molar-refractivity contribution in [1.29, 1.82) is 0 Å². The molecule has 0 aliphatic rings. The van der Waals surface area contributed by atoms with Crippen molar-refractivity contribution in [3.63, 3.8) is 0 Å². The zero-order valence-corrected chi connectivity index (χ0v) is 22.5. The third-order valence-electron chi connectivity index (χ3n) is 5.62. The molecular formula is C27H21F4N3O5S2. The molecule has 214 valence electrons. The number of nitrogens with zero attached hydrogens (tertiary/aromatic N) is 1. The van der Waals surface area contributed by atoms with Gasteiger partial charge in [0.25, 0.3) is 20.0 Å². The van der Waals surface area contributed by atoms with E-state index in [4.69, 9.17) is 0 Å². The second-order valence-corrected chi connectivity index (χ2v) is 12.1. The molecule has 0 fully saturated rings. The molecule has 0 bridgehead atoms. The Bertz CT molecular complexity index is 1750. The van der Waals surface area contributed by atoms with Crippen molar-refractivity contribution in [1.82, 2.24) is 0 Å². The molecule has 8 nitrogen and oxygen atoms in total. The first-order chi connectivity index (χ1) is 19.3. The number of nitrogens with one attached hydrogen (secondary N) is 2. The quantitative estimate of drug-likeness (QED) is 0.245. The molecule has 0 aromatic heterocycles. The van der Waals surface area contributed by atoms with Gasteiger partial charge in [-0.05, 0) is 78.9 Å². The fourth-order valence-electron chi connectivity index (χ4n) is 3.66. The number of carbonyl (C=O) groups is 1. The van der Waals surface area contributed by atoms with E-state index in [2.05, 4.69) is 10.0 Å². The highest BCUT2D eigenvalue weighted by atomic mass is 32.2. The van der Waals surface area contributed by atoms with Crippen molar-refractivity contribution in [2.45, 2.75) is 16.0 Å². The van der Waals surface area contributed by atoms with E-state index in [-0.39, 0.29) is 26.9 Å². The van der Waals surface area contributed by atoms with Gasteiger partial charge in [-0.2, -0.15) is 13.2 Å². The summed E-state index contributed by atoms with van der Waals surface area (Å²) in [5, 5.41) is 2.47. The van der Waals surface area contributed by atoms with Crippen molar-refractivity contribution in [3.05, 3.63) is 115 Å². The van der Waals surface area contributed by atoms with Gasteiger partial charge >= 0.3 is 6.18 Å². The first-order valence-corrected chi connectivity index (χ1v) is 14.6. The van der Waals surface area contributed by atoms with Gasteiger partial charge in [-0.1, -0.05) is 24.3 Å². The topological polar surface area (TPSA) is 113 Å². The van der Waals surface area contributed by atoms with E-state index in [1.165, 1.54) is 48.5 Å². The normalized spacial score (nSPS) is 12.0. The Hall–Kier alpha value is -4.43. The molecule has 4 aromatic rings. The van der Waals surface area contributed by atoms with E-state index < -0.39 is 50.1 Å². The van der Waals surface area contributed by atoms with Gasteiger partial charge in [-0.25, -0.2) is 21.2 Å². The average Bonchev–Trinajstić information content (AvgIpc) is 2.92. The Morgan fingerprint density at radius 2 is 1.37 bits per heavy atom. The lowest BCUT2D eigenvalue weighted by molar-refractivity contribution is -0.137. The minimum absolute atomic E-state index is 0.0347. The van der Waals surface area contributed by atoms with Gasteiger partial charge in [0.15, 0.2) is 0 Å². The van der Waals surface area contributed by atoms with E-state index in [1.807, 2.05) is 0 Å². The van der Waals surface area contributed by atoms with E-state index in [0.717, 1.165) is 46.8 Å². The fourth-order valence-corrected chi connectivity index (χ4v) is 6.16. The summed E-state index contributed by atoms with van der Waals surface area (Å²) >= 11 is 0. The Kier molecular flexibility index (Phi) is 8.35. The van der Waals surface area contributed by atoms with E-state index in [0.29, 0.717) is 6.07 Å². The van der Waals surface area contributed by atoms with Gasteiger partial charge in [0, 0.05) is 11.4 Å². The van der Waals surface area contributed by atoms with E-state index in [9.17, 15) is 39.2 Å². The van der Waals surface area contributed by atoms with Crippen LogP contribution in [0.3, 0.4) is 0 Å². The SMILES string of the molecule is O=C(CN(c1ccc(F)cc1)S(=O)(=O)c1ccccc1)Nc1ccc(S(=O)(=O)Nc2cccc(C(F)(F)F)c2)cc1. The molecule has 14 heteroatoms. The Balaban J connectivity index is 1.51. The number of benzene rings is 4. The van der Waals surface area contributed by atoms with Crippen molar-refractivity contribution < 1.29 is 39.2 Å². The molecule has 0 heterocycles. The summed E-state index contributed by atoms with van der Waals surface area (Å²) in [6.45, 7) is -0.694. The first-order valence-electron chi connectivity index (χ1n) is 11.7. The molecule has 4 rings (SSSR count). The average molecular weight is 608 g/mol. The van der Waals surface area contributed by atoms with Gasteiger partial charge in [-0.3, -0.25) is 13.8 Å². The number of halogens is 4. The molecule has 4 aromatic carbocycles. The summed E-state index contributed by atoms with van der Waals surface area (Å²) in [6, 6.07) is 20.2. The van der Waals surface area contributed by atoms with Gasteiger partial charge in [0.1, 0.15) is 12.4 Å². The largest absolute Gasteiger partial charge is 0.416 e. The van der Waals surface area contributed by atoms with Gasteiger partial charge in [0.2, 0.25) is 5.91 Å². The van der Waals surface area contributed by atoms with Crippen LogP contribution in [0.4, 0.5) is 34.6 Å². The molecule has 0 saturated heterocycles. The molecule has 0 aliphatic carbocycles. The summed E-state index contributed by atoms with van der Waals surface area (Å²) in [7, 11) is -8.51. The van der Waals surface area contributed by atoms with Crippen LogP contribution in [0.2, 0.25) is 0 Å². The zero-order valence-electron chi connectivity index (χ0n) is 20.8. The Morgan fingerprint density at radius 3 is 1.98 bits per heavy atom. The smallest absolute Gasteiger partial charge is 0.325 e. The minimum atomic E-state index is -4.66. The standard InChI is InChI=1S/C27H21F4N3O5S2/c28-20-9-13-23(14-10-20)34(41(38,39)25-7-2-1-3-8-25)18-26(35)32-21-11-15-24(16-12-21)40(36,37)33-22-6-4-5-19(17-22)27(29,30)31/h1-17,33H,18H2,(H,32,35). The number of carbonyl (C=O) groups excluding carboxylic acids is 1. The van der Waals surface area contributed by atoms with E-state index >= 15 is 0 Å². The summed E-state index contributed by atoms with van der Waals surface area (Å²) in [6.07, 6.45) is -4.66.